The lowest BCUT2D eigenvalue weighted by Gasteiger charge is -2.47. The molecule has 3 heterocycles. The van der Waals surface area contributed by atoms with E-state index in [1.807, 2.05) is 19.1 Å². The van der Waals surface area contributed by atoms with E-state index in [1.54, 1.807) is 6.92 Å². The number of hydrogen-bond donors (Lipinski definition) is 4. The second-order valence-electron chi connectivity index (χ2n) is 13.9. The van der Waals surface area contributed by atoms with Crippen LogP contribution in [0.25, 0.3) is 0 Å². The number of phenols is 2. The Bertz CT molecular complexity index is 1480. The molecule has 1 spiro atoms. The molecular formula is C34H43NO8. The van der Waals surface area contributed by atoms with Gasteiger partial charge in [-0.2, -0.15) is 0 Å². The molecule has 2 fully saturated rings. The zero-order chi connectivity index (χ0) is 31.3. The van der Waals surface area contributed by atoms with Crippen molar-refractivity contribution >= 4 is 17.5 Å². The third-order valence-corrected chi connectivity index (χ3v) is 11.1. The summed E-state index contributed by atoms with van der Waals surface area (Å²) in [5.74, 6) is -4.88. The number of hydrogen-bond acceptors (Lipinski definition) is 8. The molecule has 3 aliphatic heterocycles. The van der Waals surface area contributed by atoms with Gasteiger partial charge in [-0.05, 0) is 57.4 Å². The van der Waals surface area contributed by atoms with Crippen molar-refractivity contribution in [1.29, 1.82) is 0 Å². The van der Waals surface area contributed by atoms with Crippen molar-refractivity contribution in [3.8, 4) is 17.2 Å². The zero-order valence-corrected chi connectivity index (χ0v) is 25.9. The minimum atomic E-state index is -1.49. The van der Waals surface area contributed by atoms with Crippen LogP contribution in [0.1, 0.15) is 82.8 Å². The molecule has 0 radical (unpaired) electrons. The zero-order valence-electron chi connectivity index (χ0n) is 25.9. The Kier molecular flexibility index (Phi) is 7.08. The van der Waals surface area contributed by atoms with Crippen LogP contribution in [0.15, 0.2) is 23.3 Å². The van der Waals surface area contributed by atoms with Crippen LogP contribution in [0.3, 0.4) is 0 Å². The van der Waals surface area contributed by atoms with Crippen LogP contribution < -0.4 is 10.1 Å². The predicted molar refractivity (Wildman–Crippen MR) is 157 cm³/mol. The molecule has 2 bridgehead atoms. The van der Waals surface area contributed by atoms with Crippen molar-refractivity contribution in [3.63, 3.8) is 0 Å². The first-order chi connectivity index (χ1) is 20.3. The van der Waals surface area contributed by atoms with Gasteiger partial charge in [0.05, 0.1) is 31.2 Å². The summed E-state index contributed by atoms with van der Waals surface area (Å²) in [6.45, 7) is 11.9. The summed E-state index contributed by atoms with van der Waals surface area (Å²) in [4.78, 5) is 44.0. The van der Waals surface area contributed by atoms with E-state index in [4.69, 9.17) is 9.47 Å². The van der Waals surface area contributed by atoms with Gasteiger partial charge in [-0.25, -0.2) is 0 Å². The van der Waals surface area contributed by atoms with Crippen LogP contribution in [-0.2, 0) is 19.1 Å². The fraction of sp³-hybridized carbons (Fsp3) is 0.618. The number of nitrogens with one attached hydrogen (secondary N) is 1. The number of aromatic hydroxyl groups is 2. The number of amides is 1. The van der Waals surface area contributed by atoms with Gasteiger partial charge in [-0.3, -0.25) is 14.4 Å². The van der Waals surface area contributed by atoms with Crippen LogP contribution >= 0.6 is 0 Å². The molecule has 9 nitrogen and oxygen atoms in total. The summed E-state index contributed by atoms with van der Waals surface area (Å²) < 4.78 is 11.7. The fourth-order valence-electron chi connectivity index (χ4n) is 9.08. The number of aliphatic hydroxyl groups excluding tert-OH is 1. The molecule has 2 aliphatic carbocycles. The van der Waals surface area contributed by atoms with E-state index in [-0.39, 0.29) is 59.2 Å². The van der Waals surface area contributed by atoms with E-state index in [9.17, 15) is 24.9 Å². The molecule has 1 aromatic carbocycles. The number of phenolic OH excluding ortho intramolecular Hbond substituents is 2. The van der Waals surface area contributed by atoms with Crippen molar-refractivity contribution in [1.82, 2.24) is 5.32 Å². The number of ether oxygens (including phenoxy) is 2. The van der Waals surface area contributed by atoms with Gasteiger partial charge in [-0.1, -0.05) is 44.1 Å². The summed E-state index contributed by atoms with van der Waals surface area (Å²) in [5.41, 5.74) is 1.64. The molecule has 4 N–H and O–H groups in total. The summed E-state index contributed by atoms with van der Waals surface area (Å²) in [6.07, 6.45) is 1.94. The largest absolute Gasteiger partial charge is 0.504 e. The Labute approximate surface area is 252 Å². The Morgan fingerprint density at radius 1 is 1.05 bits per heavy atom. The van der Waals surface area contributed by atoms with E-state index < -0.39 is 47.3 Å². The number of allylic oxidation sites excluding steroid dienone is 4. The van der Waals surface area contributed by atoms with Crippen molar-refractivity contribution < 1.29 is 39.2 Å². The number of rotatable bonds is 3. The van der Waals surface area contributed by atoms with Gasteiger partial charge in [0, 0.05) is 29.0 Å². The quantitative estimate of drug-likeness (QED) is 0.299. The minimum Gasteiger partial charge on any atom is -0.504 e. The third-order valence-electron chi connectivity index (χ3n) is 11.1. The van der Waals surface area contributed by atoms with Gasteiger partial charge in [0.15, 0.2) is 23.1 Å². The Morgan fingerprint density at radius 3 is 2.37 bits per heavy atom. The molecule has 1 amide bonds. The van der Waals surface area contributed by atoms with E-state index in [0.717, 1.165) is 11.1 Å². The predicted octanol–water partition coefficient (Wildman–Crippen LogP) is 4.37. The van der Waals surface area contributed by atoms with E-state index >= 15 is 4.79 Å². The lowest BCUT2D eigenvalue weighted by Crippen LogP contribution is -2.56. The van der Waals surface area contributed by atoms with Crippen LogP contribution in [0.5, 0.6) is 17.2 Å². The molecule has 43 heavy (non-hydrogen) atoms. The first-order valence-electron chi connectivity index (χ1n) is 15.5. The monoisotopic (exact) mass is 593 g/mol. The SMILES string of the molecule is COc1c(O)c(C)c2c(c1O)[C@H]1O[C@@H]2[C@H]2C(=O)[C@@]34C(=O)N[C@@H](CC(C)C)C3[C@H](C)C(C)=C[C@@H]4/C=C(\C)CC[C@@H](O)C(=O)[C@@H]21. The Balaban J connectivity index is 1.62. The normalized spacial score (nSPS) is 39.7. The third kappa shape index (κ3) is 3.93. The number of benzene rings is 1. The van der Waals surface area contributed by atoms with Crippen LogP contribution in [0.4, 0.5) is 0 Å². The summed E-state index contributed by atoms with van der Waals surface area (Å²) in [6, 6.07) is -0.234. The second-order valence-corrected chi connectivity index (χ2v) is 13.9. The molecule has 232 valence electrons. The molecule has 6 rings (SSSR count). The standard InChI is InChI=1S/C34H43NO8/c1-13(2)10-19-25-16(5)15(4)12-18-11-14(3)8-9-20(36)27(38)23-24(32(40)34(18,25)33(41)35-19)29-21-17(6)26(37)31(42-7)28(39)22(21)30(23)43-29/h11-13,16,18-20,23-25,29-30,36-37,39H,8-10H2,1-7H3,(H,35,41)/b14-11+/t16-,18+,19+,20-,23-,24+,25?,29+,30-,34+/m1/s1. The van der Waals surface area contributed by atoms with Crippen LogP contribution in [0.2, 0.25) is 0 Å². The average molecular weight is 594 g/mol. The molecule has 0 aromatic heterocycles. The highest BCUT2D eigenvalue weighted by atomic mass is 16.5. The second kappa shape index (κ2) is 10.2. The first kappa shape index (κ1) is 29.9. The van der Waals surface area contributed by atoms with Crippen molar-refractivity contribution in [2.45, 2.75) is 85.2 Å². The topological polar surface area (TPSA) is 142 Å². The maximum absolute atomic E-state index is 15.5. The van der Waals surface area contributed by atoms with Crippen molar-refractivity contribution in [3.05, 3.63) is 40.0 Å². The molecular weight excluding hydrogens is 550 g/mol. The number of Topliss-reactive ketones (excluding diaryl/α,β-unsaturated/α-hetero) is 2. The highest BCUT2D eigenvalue weighted by molar-refractivity contribution is 6.12. The number of aliphatic hydroxyl groups is 1. The summed E-state index contributed by atoms with van der Waals surface area (Å²) >= 11 is 0. The van der Waals surface area contributed by atoms with Crippen molar-refractivity contribution in [2.75, 3.05) is 7.11 Å². The van der Waals surface area contributed by atoms with E-state index in [2.05, 4.69) is 33.0 Å². The highest BCUT2D eigenvalue weighted by Gasteiger charge is 2.71. The van der Waals surface area contributed by atoms with Crippen molar-refractivity contribution in [2.24, 2.45) is 40.9 Å². The molecule has 2 saturated heterocycles. The van der Waals surface area contributed by atoms with Gasteiger partial charge in [0.2, 0.25) is 11.7 Å². The molecule has 10 atom stereocenters. The Morgan fingerprint density at radius 2 is 1.72 bits per heavy atom. The lowest BCUT2D eigenvalue weighted by molar-refractivity contribution is -0.152. The molecule has 0 saturated carbocycles. The van der Waals surface area contributed by atoms with Gasteiger partial charge < -0.3 is 30.1 Å². The molecule has 1 aromatic rings. The fourth-order valence-corrected chi connectivity index (χ4v) is 9.08. The summed E-state index contributed by atoms with van der Waals surface area (Å²) in [5, 5.41) is 36.5. The van der Waals surface area contributed by atoms with E-state index in [1.165, 1.54) is 7.11 Å². The average Bonchev–Trinajstić information content (AvgIpc) is 3.60. The van der Waals surface area contributed by atoms with Gasteiger partial charge in [0.25, 0.3) is 0 Å². The molecule has 5 aliphatic rings. The van der Waals surface area contributed by atoms with Crippen LogP contribution in [-0.4, -0.2) is 52.0 Å². The number of methoxy groups -OCH3 is 1. The van der Waals surface area contributed by atoms with E-state index in [0.29, 0.717) is 29.5 Å². The van der Waals surface area contributed by atoms with Gasteiger partial charge in [0.1, 0.15) is 11.5 Å². The number of carbonyl (C=O) groups excluding carboxylic acids is 3. The lowest BCUT2D eigenvalue weighted by atomic mass is 9.51. The van der Waals surface area contributed by atoms with Gasteiger partial charge >= 0.3 is 0 Å². The smallest absolute Gasteiger partial charge is 0.235 e. The maximum atomic E-state index is 15.5. The first-order valence-corrected chi connectivity index (χ1v) is 15.5. The molecule has 9 heteroatoms. The highest BCUT2D eigenvalue weighted by Crippen LogP contribution is 2.67. The minimum absolute atomic E-state index is 0.0765. The number of ketones is 2. The van der Waals surface area contributed by atoms with Gasteiger partial charge in [-0.15, -0.1) is 0 Å². The van der Waals surface area contributed by atoms with Crippen LogP contribution in [0, 0.1) is 47.8 Å². The molecule has 1 unspecified atom stereocenters. The Hall–Kier alpha value is -3.17. The number of carbonyl (C=O) groups is 3. The maximum Gasteiger partial charge on any atom is 0.235 e. The number of fused-ring (bicyclic) bond motifs is 8. The summed E-state index contributed by atoms with van der Waals surface area (Å²) in [7, 11) is 1.32.